The predicted molar refractivity (Wildman–Crippen MR) is 54.1 cm³/mol. The summed E-state index contributed by atoms with van der Waals surface area (Å²) in [7, 11) is 1.95. The maximum absolute atomic E-state index is 11.6. The summed E-state index contributed by atoms with van der Waals surface area (Å²) in [5.41, 5.74) is 0. The minimum atomic E-state index is 0.123. The Hall–Kier alpha value is -1.42. The number of nitrogens with zero attached hydrogens (tertiary/aromatic N) is 3. The molecular formula is C10H13N3O. The minimum Gasteiger partial charge on any atom is -0.296 e. The van der Waals surface area contributed by atoms with E-state index in [9.17, 15) is 4.79 Å². The number of anilines is 1. The summed E-state index contributed by atoms with van der Waals surface area (Å²) in [4.78, 5) is 19.6. The molecule has 0 radical (unpaired) electrons. The van der Waals surface area contributed by atoms with Gasteiger partial charge in [0.25, 0.3) is 0 Å². The van der Waals surface area contributed by atoms with Gasteiger partial charge < -0.3 is 0 Å². The highest BCUT2D eigenvalue weighted by molar-refractivity contribution is 5.94. The van der Waals surface area contributed by atoms with Crippen molar-refractivity contribution in [3.63, 3.8) is 0 Å². The average Bonchev–Trinajstić information content (AvgIpc) is 2.19. The van der Waals surface area contributed by atoms with Crippen LogP contribution >= 0.6 is 0 Å². The second-order valence-electron chi connectivity index (χ2n) is 3.47. The average molecular weight is 191 g/mol. The van der Waals surface area contributed by atoms with E-state index in [1.807, 2.05) is 30.1 Å². The van der Waals surface area contributed by atoms with E-state index in [1.165, 1.54) is 0 Å². The van der Waals surface area contributed by atoms with Crippen LogP contribution < -0.4 is 4.90 Å². The fourth-order valence-electron chi connectivity index (χ4n) is 1.55. The molecule has 1 aliphatic rings. The maximum atomic E-state index is 11.6. The molecule has 1 amide bonds. The summed E-state index contributed by atoms with van der Waals surface area (Å²) < 4.78 is 0. The summed E-state index contributed by atoms with van der Waals surface area (Å²) >= 11 is 0. The van der Waals surface area contributed by atoms with Gasteiger partial charge >= 0.3 is 0 Å². The van der Waals surface area contributed by atoms with Crippen LogP contribution in [-0.2, 0) is 4.79 Å². The van der Waals surface area contributed by atoms with E-state index in [-0.39, 0.29) is 5.91 Å². The fourth-order valence-corrected chi connectivity index (χ4v) is 1.55. The third kappa shape index (κ3) is 1.75. The van der Waals surface area contributed by atoms with Crippen molar-refractivity contribution < 1.29 is 4.79 Å². The predicted octanol–water partition coefficient (Wildman–Crippen LogP) is 0.360. The van der Waals surface area contributed by atoms with Crippen LogP contribution in [0.3, 0.4) is 0 Å². The van der Waals surface area contributed by atoms with Crippen molar-refractivity contribution in [2.75, 3.05) is 31.6 Å². The standard InChI is InChI=1S/C10H13N3O/c1-12-6-7-13(10(14)8-12)9-4-2-3-5-11-9/h2-5H,6-8H2,1H3. The van der Waals surface area contributed by atoms with Crippen LogP contribution in [0.4, 0.5) is 5.82 Å². The Balaban J connectivity index is 2.16. The monoisotopic (exact) mass is 191 g/mol. The number of rotatable bonds is 1. The first-order valence-corrected chi connectivity index (χ1v) is 4.67. The Kier molecular flexibility index (Phi) is 2.45. The van der Waals surface area contributed by atoms with Crippen molar-refractivity contribution in [2.24, 2.45) is 0 Å². The lowest BCUT2D eigenvalue weighted by Crippen LogP contribution is -2.49. The molecule has 0 saturated carbocycles. The van der Waals surface area contributed by atoms with Gasteiger partial charge in [0.1, 0.15) is 5.82 Å². The highest BCUT2D eigenvalue weighted by Gasteiger charge is 2.22. The molecule has 0 bridgehead atoms. The summed E-state index contributed by atoms with van der Waals surface area (Å²) in [5, 5.41) is 0. The van der Waals surface area contributed by atoms with Gasteiger partial charge in [-0.2, -0.15) is 0 Å². The first-order valence-electron chi connectivity index (χ1n) is 4.67. The molecular weight excluding hydrogens is 178 g/mol. The quantitative estimate of drug-likeness (QED) is 0.643. The van der Waals surface area contributed by atoms with Crippen molar-refractivity contribution >= 4 is 11.7 Å². The van der Waals surface area contributed by atoms with Crippen LogP contribution in [0, 0.1) is 0 Å². The second-order valence-corrected chi connectivity index (χ2v) is 3.47. The molecule has 2 heterocycles. The molecule has 14 heavy (non-hydrogen) atoms. The molecule has 0 unspecified atom stereocenters. The Labute approximate surface area is 83.2 Å². The van der Waals surface area contributed by atoms with Crippen LogP contribution in [0.2, 0.25) is 0 Å². The van der Waals surface area contributed by atoms with Gasteiger partial charge in [0.15, 0.2) is 0 Å². The first-order chi connectivity index (χ1) is 6.77. The zero-order valence-corrected chi connectivity index (χ0v) is 8.18. The van der Waals surface area contributed by atoms with E-state index in [1.54, 1.807) is 11.1 Å². The second kappa shape index (κ2) is 3.75. The summed E-state index contributed by atoms with van der Waals surface area (Å²) in [6, 6.07) is 5.61. The summed E-state index contributed by atoms with van der Waals surface area (Å²) in [5.74, 6) is 0.878. The molecule has 1 aliphatic heterocycles. The van der Waals surface area contributed by atoms with Crippen LogP contribution in [-0.4, -0.2) is 42.5 Å². The first kappa shape index (κ1) is 9.15. The van der Waals surface area contributed by atoms with Crippen LogP contribution in [0.5, 0.6) is 0 Å². The lowest BCUT2D eigenvalue weighted by molar-refractivity contribution is -0.120. The van der Waals surface area contributed by atoms with Crippen molar-refractivity contribution in [3.8, 4) is 0 Å². The lowest BCUT2D eigenvalue weighted by atomic mass is 10.3. The molecule has 1 aromatic heterocycles. The van der Waals surface area contributed by atoms with Crippen LogP contribution in [0.1, 0.15) is 0 Å². The highest BCUT2D eigenvalue weighted by atomic mass is 16.2. The SMILES string of the molecule is CN1CCN(c2ccccn2)C(=O)C1. The third-order valence-electron chi connectivity index (χ3n) is 2.34. The minimum absolute atomic E-state index is 0.123. The normalized spacial score (nSPS) is 18.6. The van der Waals surface area contributed by atoms with Gasteiger partial charge in [-0.25, -0.2) is 4.98 Å². The summed E-state index contributed by atoms with van der Waals surface area (Å²) in [6.45, 7) is 2.12. The van der Waals surface area contributed by atoms with Gasteiger partial charge in [0, 0.05) is 19.3 Å². The number of piperazine rings is 1. The van der Waals surface area contributed by atoms with E-state index >= 15 is 0 Å². The van der Waals surface area contributed by atoms with Gasteiger partial charge in [-0.1, -0.05) is 6.07 Å². The van der Waals surface area contributed by atoms with Gasteiger partial charge in [-0.3, -0.25) is 14.6 Å². The number of pyridine rings is 1. The van der Waals surface area contributed by atoms with Crippen molar-refractivity contribution in [3.05, 3.63) is 24.4 Å². The van der Waals surface area contributed by atoms with E-state index < -0.39 is 0 Å². The Bertz CT molecular complexity index is 325. The van der Waals surface area contributed by atoms with Gasteiger partial charge in [-0.05, 0) is 19.2 Å². The molecule has 4 heteroatoms. The van der Waals surface area contributed by atoms with Crippen molar-refractivity contribution in [1.29, 1.82) is 0 Å². The molecule has 74 valence electrons. The Morgan fingerprint density at radius 3 is 2.86 bits per heavy atom. The van der Waals surface area contributed by atoms with E-state index in [0.29, 0.717) is 6.54 Å². The molecule has 0 N–H and O–H groups in total. The molecule has 0 atom stereocenters. The van der Waals surface area contributed by atoms with Crippen molar-refractivity contribution in [2.45, 2.75) is 0 Å². The Morgan fingerprint density at radius 1 is 1.36 bits per heavy atom. The lowest BCUT2D eigenvalue weighted by Gasteiger charge is -2.31. The fraction of sp³-hybridized carbons (Fsp3) is 0.400. The molecule has 0 spiro atoms. The van der Waals surface area contributed by atoms with E-state index in [2.05, 4.69) is 4.98 Å². The molecule has 0 aliphatic carbocycles. The number of hydrogen-bond acceptors (Lipinski definition) is 3. The van der Waals surface area contributed by atoms with Crippen LogP contribution in [0.25, 0.3) is 0 Å². The maximum Gasteiger partial charge on any atom is 0.242 e. The molecule has 1 saturated heterocycles. The topological polar surface area (TPSA) is 36.4 Å². The largest absolute Gasteiger partial charge is 0.296 e. The smallest absolute Gasteiger partial charge is 0.242 e. The molecule has 2 rings (SSSR count). The molecule has 1 aromatic rings. The number of likely N-dealkylation sites (N-methyl/N-ethyl adjacent to an activating group) is 1. The van der Waals surface area contributed by atoms with Crippen molar-refractivity contribution in [1.82, 2.24) is 9.88 Å². The van der Waals surface area contributed by atoms with Gasteiger partial charge in [-0.15, -0.1) is 0 Å². The zero-order valence-electron chi connectivity index (χ0n) is 8.18. The molecule has 4 nitrogen and oxygen atoms in total. The van der Waals surface area contributed by atoms with E-state index in [4.69, 9.17) is 0 Å². The van der Waals surface area contributed by atoms with E-state index in [0.717, 1.165) is 18.9 Å². The number of hydrogen-bond donors (Lipinski definition) is 0. The zero-order chi connectivity index (χ0) is 9.97. The van der Waals surface area contributed by atoms with Gasteiger partial charge in [0.2, 0.25) is 5.91 Å². The van der Waals surface area contributed by atoms with Gasteiger partial charge in [0.05, 0.1) is 6.54 Å². The number of carbonyl (C=O) groups excluding carboxylic acids is 1. The highest BCUT2D eigenvalue weighted by Crippen LogP contribution is 2.12. The molecule has 0 aromatic carbocycles. The molecule has 1 fully saturated rings. The Morgan fingerprint density at radius 2 is 2.21 bits per heavy atom. The van der Waals surface area contributed by atoms with Crippen LogP contribution in [0.15, 0.2) is 24.4 Å². The number of aromatic nitrogens is 1. The number of amides is 1. The summed E-state index contributed by atoms with van der Waals surface area (Å²) in [6.07, 6.45) is 1.71. The third-order valence-corrected chi connectivity index (χ3v) is 2.34. The number of carbonyl (C=O) groups is 1.